The molecule has 0 fully saturated rings. The lowest BCUT2D eigenvalue weighted by atomic mass is 9.97. The van der Waals surface area contributed by atoms with Crippen LogP contribution in [-0.2, 0) is 11.2 Å². The predicted molar refractivity (Wildman–Crippen MR) is 57.9 cm³/mol. The number of rotatable bonds is 0. The molecule has 0 radical (unpaired) electrons. The third kappa shape index (κ3) is 1.35. The van der Waals surface area contributed by atoms with Gasteiger partial charge in [0.15, 0.2) is 0 Å². The van der Waals surface area contributed by atoms with Gasteiger partial charge in [0, 0.05) is 25.1 Å². The highest BCUT2D eigenvalue weighted by molar-refractivity contribution is 6.08. The number of carbonyl (C=O) groups excluding carboxylic acids is 1. The number of hydrogen-bond acceptors (Lipinski definition) is 2. The summed E-state index contributed by atoms with van der Waals surface area (Å²) in [5.41, 5.74) is 2.44. The zero-order chi connectivity index (χ0) is 10.3. The zero-order valence-electron chi connectivity index (χ0n) is 8.44. The van der Waals surface area contributed by atoms with Crippen LogP contribution in [0.3, 0.4) is 0 Å². The van der Waals surface area contributed by atoms with E-state index in [2.05, 4.69) is 22.0 Å². The summed E-state index contributed by atoms with van der Waals surface area (Å²) in [7, 11) is 0. The Morgan fingerprint density at radius 1 is 1.13 bits per heavy atom. The van der Waals surface area contributed by atoms with E-state index < -0.39 is 0 Å². The van der Waals surface area contributed by atoms with E-state index in [0.717, 1.165) is 30.9 Å². The Bertz CT molecular complexity index is 451. The Morgan fingerprint density at radius 3 is 2.87 bits per heavy atom. The first-order chi connectivity index (χ1) is 7.34. The molecule has 2 aliphatic heterocycles. The first-order valence-corrected chi connectivity index (χ1v) is 5.29. The van der Waals surface area contributed by atoms with Gasteiger partial charge in [-0.2, -0.15) is 4.99 Å². The molecular weight excluding hydrogens is 188 g/mol. The van der Waals surface area contributed by atoms with Crippen molar-refractivity contribution in [1.82, 2.24) is 4.90 Å². The number of amides is 1. The van der Waals surface area contributed by atoms with Crippen molar-refractivity contribution >= 4 is 11.7 Å². The number of hydrogen-bond donors (Lipinski definition) is 0. The molecule has 0 unspecified atom stereocenters. The SMILES string of the molecule is O=C1CCN2CCc3ccccc3C2=N1. The van der Waals surface area contributed by atoms with Crippen molar-refractivity contribution < 1.29 is 4.79 Å². The molecule has 0 aliphatic carbocycles. The Labute approximate surface area is 88.4 Å². The highest BCUT2D eigenvalue weighted by atomic mass is 16.1. The minimum atomic E-state index is 0.0120. The summed E-state index contributed by atoms with van der Waals surface area (Å²) in [6.07, 6.45) is 1.62. The van der Waals surface area contributed by atoms with Crippen molar-refractivity contribution in [2.24, 2.45) is 4.99 Å². The first-order valence-electron chi connectivity index (χ1n) is 5.29. The lowest BCUT2D eigenvalue weighted by Crippen LogP contribution is -2.42. The lowest BCUT2D eigenvalue weighted by Gasteiger charge is -2.33. The highest BCUT2D eigenvalue weighted by Gasteiger charge is 2.26. The second-order valence-electron chi connectivity index (χ2n) is 3.97. The maximum atomic E-state index is 11.3. The van der Waals surface area contributed by atoms with Crippen LogP contribution in [0.1, 0.15) is 17.5 Å². The molecule has 15 heavy (non-hydrogen) atoms. The molecule has 0 aromatic heterocycles. The van der Waals surface area contributed by atoms with Crippen LogP contribution < -0.4 is 0 Å². The lowest BCUT2D eigenvalue weighted by molar-refractivity contribution is -0.118. The van der Waals surface area contributed by atoms with Crippen LogP contribution in [0.2, 0.25) is 0 Å². The minimum Gasteiger partial charge on any atom is -0.355 e. The molecule has 0 spiro atoms. The maximum Gasteiger partial charge on any atom is 0.249 e. The average Bonchev–Trinajstić information content (AvgIpc) is 2.29. The summed E-state index contributed by atoms with van der Waals surface area (Å²) >= 11 is 0. The van der Waals surface area contributed by atoms with Gasteiger partial charge in [0.2, 0.25) is 5.91 Å². The normalized spacial score (nSPS) is 19.3. The van der Waals surface area contributed by atoms with Gasteiger partial charge in [0.05, 0.1) is 0 Å². The Kier molecular flexibility index (Phi) is 1.84. The molecule has 3 rings (SSSR count). The predicted octanol–water partition coefficient (Wildman–Crippen LogP) is 1.22. The molecular formula is C12H12N2O. The van der Waals surface area contributed by atoms with Gasteiger partial charge in [-0.3, -0.25) is 4.79 Å². The maximum absolute atomic E-state index is 11.3. The van der Waals surface area contributed by atoms with Gasteiger partial charge >= 0.3 is 0 Å². The van der Waals surface area contributed by atoms with Crippen molar-refractivity contribution in [2.45, 2.75) is 12.8 Å². The van der Waals surface area contributed by atoms with Crippen LogP contribution in [-0.4, -0.2) is 29.7 Å². The summed E-state index contributed by atoms with van der Waals surface area (Å²) in [5.74, 6) is 0.894. The van der Waals surface area contributed by atoms with Gasteiger partial charge in [-0.15, -0.1) is 0 Å². The van der Waals surface area contributed by atoms with Crippen LogP contribution in [0, 0.1) is 0 Å². The fourth-order valence-corrected chi connectivity index (χ4v) is 2.24. The molecule has 0 N–H and O–H groups in total. The quantitative estimate of drug-likeness (QED) is 0.631. The fourth-order valence-electron chi connectivity index (χ4n) is 2.24. The largest absolute Gasteiger partial charge is 0.355 e. The number of aliphatic imine (C=N–C) groups is 1. The Hall–Kier alpha value is -1.64. The van der Waals surface area contributed by atoms with Crippen molar-refractivity contribution in [2.75, 3.05) is 13.1 Å². The van der Waals surface area contributed by atoms with Crippen molar-refractivity contribution in [3.63, 3.8) is 0 Å². The molecule has 0 saturated heterocycles. The van der Waals surface area contributed by atoms with E-state index in [4.69, 9.17) is 0 Å². The molecule has 2 aliphatic rings. The topological polar surface area (TPSA) is 32.7 Å². The van der Waals surface area contributed by atoms with E-state index in [1.165, 1.54) is 5.56 Å². The molecule has 0 atom stereocenters. The van der Waals surface area contributed by atoms with E-state index >= 15 is 0 Å². The van der Waals surface area contributed by atoms with E-state index in [0.29, 0.717) is 6.42 Å². The van der Waals surface area contributed by atoms with Crippen molar-refractivity contribution in [3.05, 3.63) is 35.4 Å². The average molecular weight is 200 g/mol. The number of nitrogens with zero attached hydrogens (tertiary/aromatic N) is 2. The van der Waals surface area contributed by atoms with Crippen molar-refractivity contribution in [1.29, 1.82) is 0 Å². The molecule has 1 amide bonds. The van der Waals surface area contributed by atoms with Gasteiger partial charge in [-0.25, -0.2) is 0 Å². The van der Waals surface area contributed by atoms with Gasteiger partial charge in [0.1, 0.15) is 5.84 Å². The minimum absolute atomic E-state index is 0.0120. The molecule has 1 aromatic carbocycles. The van der Waals surface area contributed by atoms with Crippen LogP contribution >= 0.6 is 0 Å². The van der Waals surface area contributed by atoms with Crippen LogP contribution in [0.4, 0.5) is 0 Å². The second kappa shape index (κ2) is 3.19. The van der Waals surface area contributed by atoms with E-state index in [9.17, 15) is 4.79 Å². The van der Waals surface area contributed by atoms with Crippen LogP contribution in [0.5, 0.6) is 0 Å². The molecule has 3 heteroatoms. The molecule has 2 heterocycles. The van der Waals surface area contributed by atoms with E-state index in [1.54, 1.807) is 0 Å². The summed E-state index contributed by atoms with van der Waals surface area (Å²) in [5, 5.41) is 0. The summed E-state index contributed by atoms with van der Waals surface area (Å²) < 4.78 is 0. The van der Waals surface area contributed by atoms with Gasteiger partial charge in [-0.05, 0) is 12.0 Å². The first kappa shape index (κ1) is 8.65. The monoisotopic (exact) mass is 200 g/mol. The molecule has 1 aromatic rings. The molecule has 0 bridgehead atoms. The molecule has 0 saturated carbocycles. The van der Waals surface area contributed by atoms with E-state index in [-0.39, 0.29) is 5.91 Å². The molecule has 3 nitrogen and oxygen atoms in total. The number of carbonyl (C=O) groups is 1. The van der Waals surface area contributed by atoms with Gasteiger partial charge in [0.25, 0.3) is 0 Å². The van der Waals surface area contributed by atoms with Crippen molar-refractivity contribution in [3.8, 4) is 0 Å². The standard InChI is InChI=1S/C12H12N2O/c15-11-6-8-14-7-5-9-3-1-2-4-10(9)12(14)13-11/h1-4H,5-8H2. The van der Waals surface area contributed by atoms with Gasteiger partial charge < -0.3 is 4.90 Å². The smallest absolute Gasteiger partial charge is 0.249 e. The second-order valence-corrected chi connectivity index (χ2v) is 3.97. The van der Waals surface area contributed by atoms with Gasteiger partial charge in [-0.1, -0.05) is 24.3 Å². The highest BCUT2D eigenvalue weighted by Crippen LogP contribution is 2.21. The fraction of sp³-hybridized carbons (Fsp3) is 0.333. The number of benzene rings is 1. The number of amidine groups is 1. The summed E-state index contributed by atoms with van der Waals surface area (Å²) in [4.78, 5) is 17.7. The van der Waals surface area contributed by atoms with Crippen LogP contribution in [0.25, 0.3) is 0 Å². The third-order valence-electron chi connectivity index (χ3n) is 3.04. The third-order valence-corrected chi connectivity index (χ3v) is 3.04. The molecule has 76 valence electrons. The van der Waals surface area contributed by atoms with E-state index in [1.807, 2.05) is 12.1 Å². The Morgan fingerprint density at radius 2 is 1.93 bits per heavy atom. The number of fused-ring (bicyclic) bond motifs is 3. The zero-order valence-corrected chi connectivity index (χ0v) is 8.44. The summed E-state index contributed by atoms with van der Waals surface area (Å²) in [6, 6.07) is 8.22. The Balaban J connectivity index is 2.14. The summed E-state index contributed by atoms with van der Waals surface area (Å²) in [6.45, 7) is 1.81. The van der Waals surface area contributed by atoms with Crippen LogP contribution in [0.15, 0.2) is 29.3 Å².